The van der Waals surface area contributed by atoms with Crippen LogP contribution in [0.2, 0.25) is 0 Å². The molecule has 0 saturated heterocycles. The third kappa shape index (κ3) is 2.94. The summed E-state index contributed by atoms with van der Waals surface area (Å²) in [6, 6.07) is 0. The Hall–Kier alpha value is -1.17. The van der Waals surface area contributed by atoms with Gasteiger partial charge < -0.3 is 61.3 Å². The molecule has 0 heterocycles. The van der Waals surface area contributed by atoms with E-state index in [2.05, 4.69) is 0 Å². The molecule has 0 saturated carbocycles. The van der Waals surface area contributed by atoms with Crippen molar-refractivity contribution in [3.8, 4) is 0 Å². The number of hydrogen-bond acceptors (Lipinski definition) is 13. The first kappa shape index (κ1) is 21.1. The second-order valence-corrected chi connectivity index (χ2v) is 7.76. The predicted octanol–water partition coefficient (Wildman–Crippen LogP) is -6.17. The number of aliphatic hydroxyl groups excluding tert-OH is 4. The summed E-state index contributed by atoms with van der Waals surface area (Å²) in [4.78, 5) is 0. The van der Waals surface area contributed by atoms with Gasteiger partial charge in [0.15, 0.2) is 12.2 Å². The summed E-state index contributed by atoms with van der Waals surface area (Å²) in [5.41, 5.74) is 0. The molecule has 13 nitrogen and oxygen atoms in total. The lowest BCUT2D eigenvalue weighted by Gasteiger charge is -2.46. The first-order chi connectivity index (χ1) is 11.5. The van der Waals surface area contributed by atoms with Crippen molar-refractivity contribution in [1.29, 1.82) is 0 Å². The van der Waals surface area contributed by atoms with Gasteiger partial charge in [0.1, 0.15) is 22.0 Å². The summed E-state index contributed by atoms with van der Waals surface area (Å²) >= 11 is 0. The SMILES string of the molecule is O=S(C1C(O)=CC(O)(O)C(O)C1(O)O)C1C(O)=CC(O)(O)C(O)C1(O)O. The lowest BCUT2D eigenvalue weighted by Crippen LogP contribution is -2.70. The van der Waals surface area contributed by atoms with Crippen molar-refractivity contribution in [2.75, 3.05) is 0 Å². The molecule has 14 heteroatoms. The second kappa shape index (κ2) is 5.91. The van der Waals surface area contributed by atoms with Gasteiger partial charge in [-0.15, -0.1) is 0 Å². The van der Waals surface area contributed by atoms with Crippen LogP contribution in [0.1, 0.15) is 0 Å². The van der Waals surface area contributed by atoms with Gasteiger partial charge in [-0.25, -0.2) is 0 Å². The van der Waals surface area contributed by atoms with E-state index < -0.39 is 68.2 Å². The van der Waals surface area contributed by atoms with Crippen LogP contribution in [-0.4, -0.2) is 111 Å². The molecule has 0 aromatic carbocycles. The van der Waals surface area contributed by atoms with Crippen molar-refractivity contribution < 1.29 is 65.5 Å². The van der Waals surface area contributed by atoms with E-state index >= 15 is 0 Å². The Bertz CT molecular complexity index is 623. The second-order valence-electron chi connectivity index (χ2n) is 6.16. The molecule has 4 atom stereocenters. The van der Waals surface area contributed by atoms with Crippen molar-refractivity contribution in [2.24, 2.45) is 0 Å². The fourth-order valence-corrected chi connectivity index (χ4v) is 4.63. The molecule has 2 rings (SSSR count). The maximum atomic E-state index is 12.6. The Labute approximate surface area is 146 Å². The summed E-state index contributed by atoms with van der Waals surface area (Å²) in [6.07, 6.45) is -5.55. The lowest BCUT2D eigenvalue weighted by atomic mass is 9.90. The highest BCUT2D eigenvalue weighted by molar-refractivity contribution is 7.86. The summed E-state index contributed by atoms with van der Waals surface area (Å²) in [5.74, 6) is -16.9. The van der Waals surface area contributed by atoms with Crippen molar-refractivity contribution in [2.45, 2.75) is 45.9 Å². The maximum Gasteiger partial charge on any atom is 0.218 e. The van der Waals surface area contributed by atoms with E-state index in [0.717, 1.165) is 0 Å². The molecule has 150 valence electrons. The minimum absolute atomic E-state index is 0.0871. The van der Waals surface area contributed by atoms with Crippen LogP contribution < -0.4 is 0 Å². The molecule has 0 fully saturated rings. The van der Waals surface area contributed by atoms with Gasteiger partial charge in [-0.3, -0.25) is 4.21 Å². The molecule has 0 aromatic heterocycles. The van der Waals surface area contributed by atoms with Crippen LogP contribution in [0, 0.1) is 0 Å². The first-order valence-corrected chi connectivity index (χ1v) is 8.13. The van der Waals surface area contributed by atoms with E-state index in [-0.39, 0.29) is 12.2 Å². The van der Waals surface area contributed by atoms with E-state index in [1.165, 1.54) is 0 Å². The Morgan fingerprint density at radius 1 is 0.692 bits per heavy atom. The average molecular weight is 402 g/mol. The smallest absolute Gasteiger partial charge is 0.218 e. The van der Waals surface area contributed by atoms with Crippen molar-refractivity contribution >= 4 is 10.8 Å². The summed E-state index contributed by atoms with van der Waals surface area (Å²) < 4.78 is 12.6. The molecule has 26 heavy (non-hydrogen) atoms. The molecule has 0 amide bonds. The molecular weight excluding hydrogens is 384 g/mol. The molecule has 0 radical (unpaired) electrons. The highest BCUT2D eigenvalue weighted by Crippen LogP contribution is 2.41. The quantitative estimate of drug-likeness (QED) is 0.192. The Balaban J connectivity index is 2.58. The zero-order chi connectivity index (χ0) is 20.5. The van der Waals surface area contributed by atoms with Gasteiger partial charge >= 0.3 is 0 Å². The monoisotopic (exact) mass is 402 g/mol. The van der Waals surface area contributed by atoms with Crippen molar-refractivity contribution in [3.05, 3.63) is 23.7 Å². The zero-order valence-corrected chi connectivity index (χ0v) is 13.5. The van der Waals surface area contributed by atoms with Gasteiger partial charge in [0.25, 0.3) is 0 Å². The Kier molecular flexibility index (Phi) is 4.81. The largest absolute Gasteiger partial charge is 0.511 e. The van der Waals surface area contributed by atoms with Gasteiger partial charge in [0, 0.05) is 12.2 Å². The van der Waals surface area contributed by atoms with Crippen LogP contribution in [0.4, 0.5) is 0 Å². The molecule has 4 unspecified atom stereocenters. The summed E-state index contributed by atoms with van der Waals surface area (Å²) in [6.45, 7) is 0. The lowest BCUT2D eigenvalue weighted by molar-refractivity contribution is -0.315. The zero-order valence-electron chi connectivity index (χ0n) is 12.6. The van der Waals surface area contributed by atoms with Gasteiger partial charge in [-0.2, -0.15) is 0 Å². The number of aliphatic hydroxyl groups is 12. The Morgan fingerprint density at radius 2 is 0.962 bits per heavy atom. The molecule has 0 spiro atoms. The highest BCUT2D eigenvalue weighted by atomic mass is 32.2. The molecule has 2 aliphatic carbocycles. The molecule has 0 aliphatic heterocycles. The third-order valence-electron chi connectivity index (χ3n) is 4.10. The van der Waals surface area contributed by atoms with E-state index in [9.17, 15) is 65.5 Å². The summed E-state index contributed by atoms with van der Waals surface area (Å²) in [7, 11) is -3.20. The summed E-state index contributed by atoms with van der Waals surface area (Å²) in [5, 5.41) is 111. The van der Waals surface area contributed by atoms with Gasteiger partial charge in [-0.1, -0.05) is 0 Å². The normalized spacial score (nSPS) is 38.8. The van der Waals surface area contributed by atoms with Crippen LogP contribution in [-0.2, 0) is 10.8 Å². The van der Waals surface area contributed by atoms with Crippen LogP contribution in [0.3, 0.4) is 0 Å². The first-order valence-electron chi connectivity index (χ1n) is 6.85. The number of hydrogen-bond donors (Lipinski definition) is 12. The van der Waals surface area contributed by atoms with Crippen molar-refractivity contribution in [1.82, 2.24) is 0 Å². The van der Waals surface area contributed by atoms with E-state index in [4.69, 9.17) is 0 Å². The highest BCUT2D eigenvalue weighted by Gasteiger charge is 2.65. The van der Waals surface area contributed by atoms with E-state index in [1.54, 1.807) is 0 Å². The minimum Gasteiger partial charge on any atom is -0.511 e. The third-order valence-corrected chi connectivity index (χ3v) is 6.21. The molecule has 2 aliphatic rings. The van der Waals surface area contributed by atoms with Gasteiger partial charge in [0.2, 0.25) is 23.1 Å². The van der Waals surface area contributed by atoms with Crippen LogP contribution in [0.25, 0.3) is 0 Å². The van der Waals surface area contributed by atoms with E-state index in [0.29, 0.717) is 0 Å². The molecule has 0 aromatic rings. The topological polar surface area (TPSA) is 260 Å². The molecular formula is C12H18O13S. The fraction of sp³-hybridized carbons (Fsp3) is 0.667. The number of rotatable bonds is 2. The van der Waals surface area contributed by atoms with Crippen LogP contribution >= 0.6 is 0 Å². The molecule has 12 N–H and O–H groups in total. The van der Waals surface area contributed by atoms with Crippen molar-refractivity contribution in [3.63, 3.8) is 0 Å². The van der Waals surface area contributed by atoms with E-state index in [1.807, 2.05) is 0 Å². The minimum atomic E-state index is -3.72. The van der Waals surface area contributed by atoms with Crippen LogP contribution in [0.5, 0.6) is 0 Å². The maximum absolute atomic E-state index is 12.6. The molecule has 0 bridgehead atoms. The van der Waals surface area contributed by atoms with Gasteiger partial charge in [0.05, 0.1) is 10.8 Å². The van der Waals surface area contributed by atoms with Crippen LogP contribution in [0.15, 0.2) is 23.7 Å². The average Bonchev–Trinajstić information content (AvgIpc) is 2.41. The standard InChI is InChI=1S/C12H18O13S/c13-3-1-9(17,18)7(15)11(21,22)5(3)26(25)6-4(14)2-10(19,20)8(16)12(6,23)24/h1-2,5-8,13-24H. The Morgan fingerprint density at radius 3 is 1.23 bits per heavy atom. The fourth-order valence-electron chi connectivity index (χ4n) is 2.81. The van der Waals surface area contributed by atoms with Gasteiger partial charge in [-0.05, 0) is 0 Å². The predicted molar refractivity (Wildman–Crippen MR) is 77.8 cm³/mol.